The Kier molecular flexibility index (Phi) is 5.75. The Morgan fingerprint density at radius 3 is 2.74 bits per heavy atom. The second-order valence-electron chi connectivity index (χ2n) is 4.06. The summed E-state index contributed by atoms with van der Waals surface area (Å²) in [6, 6.07) is 4.61. The van der Waals surface area contributed by atoms with Crippen molar-refractivity contribution in [2.75, 3.05) is 24.7 Å². The van der Waals surface area contributed by atoms with E-state index in [-0.39, 0.29) is 16.7 Å². The van der Waals surface area contributed by atoms with Gasteiger partial charge in [0, 0.05) is 46.7 Å². The van der Waals surface area contributed by atoms with Crippen LogP contribution in [0.4, 0.5) is 11.4 Å². The average molecular weight is 286 g/mol. The Morgan fingerprint density at radius 1 is 1.53 bits per heavy atom. The number of nitrogens with one attached hydrogen (secondary N) is 1. The van der Waals surface area contributed by atoms with Crippen LogP contribution in [0.25, 0.3) is 0 Å². The fourth-order valence-corrected chi connectivity index (χ4v) is 1.74. The van der Waals surface area contributed by atoms with E-state index in [1.54, 1.807) is 25.3 Å². The second-order valence-corrected chi connectivity index (χ2v) is 5.86. The molecule has 1 aromatic carbocycles. The molecule has 7 heteroatoms. The molecule has 0 heterocycles. The van der Waals surface area contributed by atoms with Gasteiger partial charge in [-0.05, 0) is 19.9 Å². The Labute approximate surface area is 114 Å². The molecule has 1 N–H and O–H groups in total. The first kappa shape index (κ1) is 15.4. The van der Waals surface area contributed by atoms with Gasteiger partial charge in [-0.1, -0.05) is 0 Å². The van der Waals surface area contributed by atoms with E-state index < -0.39 is 15.7 Å². The molecule has 0 amide bonds. The van der Waals surface area contributed by atoms with Crippen molar-refractivity contribution in [1.29, 1.82) is 0 Å². The molecule has 0 aliphatic heterocycles. The van der Waals surface area contributed by atoms with Gasteiger partial charge in [0.25, 0.3) is 0 Å². The minimum absolute atomic E-state index is 0.00531. The maximum atomic E-state index is 11.2. The number of nitrogens with zero attached hydrogens (tertiary/aromatic N) is 1. The number of nitro groups is 1. The number of hydrogen-bond acceptors (Lipinski definition) is 5. The minimum atomic E-state index is -0.906. The quantitative estimate of drug-likeness (QED) is 0.613. The number of benzene rings is 1. The van der Waals surface area contributed by atoms with Crippen LogP contribution in [-0.2, 0) is 10.8 Å². The summed E-state index contributed by atoms with van der Waals surface area (Å²) in [7, 11) is -0.906. The zero-order valence-electron chi connectivity index (χ0n) is 11.2. The van der Waals surface area contributed by atoms with Crippen LogP contribution < -0.4 is 10.1 Å². The second kappa shape index (κ2) is 7.08. The molecular weight excluding hydrogens is 268 g/mol. The Hall–Kier alpha value is -1.63. The summed E-state index contributed by atoms with van der Waals surface area (Å²) in [5.74, 6) is 0.239. The van der Waals surface area contributed by atoms with Crippen LogP contribution in [-0.4, -0.2) is 33.8 Å². The van der Waals surface area contributed by atoms with Gasteiger partial charge in [-0.2, -0.15) is 0 Å². The summed E-state index contributed by atoms with van der Waals surface area (Å²) in [5, 5.41) is 13.9. The Bertz CT molecular complexity index is 479. The number of nitro benzene ring substituents is 1. The highest BCUT2D eigenvalue weighted by Crippen LogP contribution is 2.30. The number of ether oxygens (including phenoxy) is 1. The molecular formula is C12H18N2O4S. The van der Waals surface area contributed by atoms with E-state index in [1.165, 1.54) is 6.07 Å². The monoisotopic (exact) mass is 286 g/mol. The first-order valence-corrected chi connectivity index (χ1v) is 7.55. The van der Waals surface area contributed by atoms with E-state index in [0.29, 0.717) is 18.8 Å². The van der Waals surface area contributed by atoms with Gasteiger partial charge in [0.1, 0.15) is 0 Å². The molecule has 1 aromatic rings. The Morgan fingerprint density at radius 2 is 2.21 bits per heavy atom. The highest BCUT2D eigenvalue weighted by molar-refractivity contribution is 7.84. The zero-order valence-corrected chi connectivity index (χ0v) is 12.0. The fourth-order valence-electron chi connectivity index (χ4n) is 1.42. The molecule has 0 radical (unpaired) electrons. The molecule has 0 bridgehead atoms. The molecule has 6 nitrogen and oxygen atoms in total. The van der Waals surface area contributed by atoms with Crippen molar-refractivity contribution in [3.05, 3.63) is 28.3 Å². The van der Waals surface area contributed by atoms with E-state index in [9.17, 15) is 14.3 Å². The predicted octanol–water partition coefficient (Wildman–Crippen LogP) is 2.17. The smallest absolute Gasteiger partial charge is 0.311 e. The molecule has 0 saturated carbocycles. The third kappa shape index (κ3) is 4.51. The molecule has 1 rings (SSSR count). The normalized spacial score (nSPS) is 13.6. The molecule has 106 valence electrons. The van der Waals surface area contributed by atoms with Gasteiger partial charge < -0.3 is 10.1 Å². The van der Waals surface area contributed by atoms with Crippen LogP contribution in [0.3, 0.4) is 0 Å². The predicted molar refractivity (Wildman–Crippen MR) is 76.3 cm³/mol. The van der Waals surface area contributed by atoms with Gasteiger partial charge in [-0.25, -0.2) is 0 Å². The highest BCUT2D eigenvalue weighted by Gasteiger charge is 2.15. The van der Waals surface area contributed by atoms with Crippen LogP contribution in [0.1, 0.15) is 13.8 Å². The van der Waals surface area contributed by atoms with Crippen molar-refractivity contribution in [2.24, 2.45) is 0 Å². The standard InChI is InChI=1S/C12H18N2O4S/c1-4-18-12-7-10(5-6-11(12)14(15)16)13-8-9(2)19(3)17/h5-7,9,13H,4,8H2,1-3H3. The van der Waals surface area contributed by atoms with Gasteiger partial charge in [-0.3, -0.25) is 14.3 Å². The van der Waals surface area contributed by atoms with Crippen LogP contribution in [0.5, 0.6) is 5.75 Å². The van der Waals surface area contributed by atoms with E-state index >= 15 is 0 Å². The van der Waals surface area contributed by atoms with E-state index in [2.05, 4.69) is 5.32 Å². The topological polar surface area (TPSA) is 81.5 Å². The number of hydrogen-bond donors (Lipinski definition) is 1. The van der Waals surface area contributed by atoms with E-state index in [1.807, 2.05) is 6.92 Å². The van der Waals surface area contributed by atoms with Crippen LogP contribution >= 0.6 is 0 Å². The molecule has 0 spiro atoms. The van der Waals surface area contributed by atoms with Gasteiger partial charge in [-0.15, -0.1) is 0 Å². The third-order valence-electron chi connectivity index (χ3n) is 2.62. The molecule has 2 unspecified atom stereocenters. The van der Waals surface area contributed by atoms with Crippen molar-refractivity contribution in [3.63, 3.8) is 0 Å². The maximum Gasteiger partial charge on any atom is 0.311 e. The summed E-state index contributed by atoms with van der Waals surface area (Å²) in [4.78, 5) is 10.4. The van der Waals surface area contributed by atoms with Crippen molar-refractivity contribution >= 4 is 22.2 Å². The summed E-state index contributed by atoms with van der Waals surface area (Å²) in [6.07, 6.45) is 1.65. The maximum absolute atomic E-state index is 11.2. The van der Waals surface area contributed by atoms with Gasteiger partial charge in [0.15, 0.2) is 5.75 Å². The van der Waals surface area contributed by atoms with Crippen molar-refractivity contribution in [1.82, 2.24) is 0 Å². The van der Waals surface area contributed by atoms with E-state index in [4.69, 9.17) is 4.74 Å². The molecule has 0 fully saturated rings. The molecule has 0 saturated heterocycles. The number of anilines is 1. The van der Waals surface area contributed by atoms with Gasteiger partial charge in [0.05, 0.1) is 11.5 Å². The van der Waals surface area contributed by atoms with Crippen LogP contribution in [0, 0.1) is 10.1 Å². The molecule has 19 heavy (non-hydrogen) atoms. The lowest BCUT2D eigenvalue weighted by Gasteiger charge is -2.12. The molecule has 2 atom stereocenters. The third-order valence-corrected chi connectivity index (χ3v) is 3.92. The first-order chi connectivity index (χ1) is 8.95. The van der Waals surface area contributed by atoms with Gasteiger partial charge >= 0.3 is 5.69 Å². The Balaban J connectivity index is 2.83. The summed E-state index contributed by atoms with van der Waals surface area (Å²) in [5.41, 5.74) is 0.658. The van der Waals surface area contributed by atoms with Gasteiger partial charge in [0.2, 0.25) is 0 Å². The van der Waals surface area contributed by atoms with Crippen LogP contribution in [0.2, 0.25) is 0 Å². The lowest BCUT2D eigenvalue weighted by atomic mass is 10.2. The zero-order chi connectivity index (χ0) is 14.4. The summed E-state index contributed by atoms with van der Waals surface area (Å²) in [6.45, 7) is 4.54. The fraction of sp³-hybridized carbons (Fsp3) is 0.500. The van der Waals surface area contributed by atoms with Crippen molar-refractivity contribution < 1.29 is 13.9 Å². The van der Waals surface area contributed by atoms with Crippen LogP contribution in [0.15, 0.2) is 18.2 Å². The highest BCUT2D eigenvalue weighted by atomic mass is 32.2. The first-order valence-electron chi connectivity index (χ1n) is 5.93. The van der Waals surface area contributed by atoms with E-state index in [0.717, 1.165) is 0 Å². The number of rotatable bonds is 7. The average Bonchev–Trinajstić information content (AvgIpc) is 2.36. The molecule has 0 aromatic heterocycles. The van der Waals surface area contributed by atoms with Crippen molar-refractivity contribution in [3.8, 4) is 5.75 Å². The summed E-state index contributed by atoms with van der Waals surface area (Å²) < 4.78 is 16.5. The molecule has 0 aliphatic carbocycles. The summed E-state index contributed by atoms with van der Waals surface area (Å²) >= 11 is 0. The van der Waals surface area contributed by atoms with Crippen molar-refractivity contribution in [2.45, 2.75) is 19.1 Å². The SMILES string of the molecule is CCOc1cc(NCC(C)S(C)=O)ccc1[N+](=O)[O-]. The largest absolute Gasteiger partial charge is 0.487 e. The lowest BCUT2D eigenvalue weighted by Crippen LogP contribution is -2.20. The molecule has 0 aliphatic rings. The lowest BCUT2D eigenvalue weighted by molar-refractivity contribution is -0.385. The minimum Gasteiger partial charge on any atom is -0.487 e.